The molecule has 2 aromatic rings. The van der Waals surface area contributed by atoms with Crippen LogP contribution in [0.4, 0.5) is 0 Å². The number of carboxylic acids is 1. The predicted molar refractivity (Wildman–Crippen MR) is 133 cm³/mol. The van der Waals surface area contributed by atoms with E-state index in [-0.39, 0.29) is 12.7 Å². The maximum atomic E-state index is 10.9. The van der Waals surface area contributed by atoms with E-state index in [2.05, 4.69) is 16.5 Å². The van der Waals surface area contributed by atoms with Crippen molar-refractivity contribution in [2.45, 2.75) is 32.3 Å². The molecule has 0 bridgehead atoms. The van der Waals surface area contributed by atoms with Gasteiger partial charge >= 0.3 is 5.97 Å². The fourth-order valence-corrected chi connectivity index (χ4v) is 4.07. The molecule has 2 aliphatic rings. The molecule has 0 fully saturated rings. The number of rotatable bonds is 9. The summed E-state index contributed by atoms with van der Waals surface area (Å²) in [4.78, 5) is 16.9. The van der Waals surface area contributed by atoms with Crippen molar-refractivity contribution in [2.75, 3.05) is 6.61 Å². The number of aliphatic carboxylic acids is 1. The summed E-state index contributed by atoms with van der Waals surface area (Å²) >= 11 is 0. The van der Waals surface area contributed by atoms with Gasteiger partial charge in [-0.2, -0.15) is 0 Å². The van der Waals surface area contributed by atoms with Crippen LogP contribution in [0.2, 0.25) is 0 Å². The zero-order chi connectivity index (χ0) is 23.8. The molecule has 34 heavy (non-hydrogen) atoms. The van der Waals surface area contributed by atoms with Crippen molar-refractivity contribution in [1.29, 1.82) is 0 Å². The standard InChI is InChI=1S/C28H28N2O4/c1-20(17-21-12-13-25-24(18-21)9-5-11-26(25)33-19-27(31)32)30-34-28(22-7-3-2-4-8-22)23-10-6-15-29-16-14-23/h2-11,14-16,18,28-29H,12-13,17,19H2,1H3,(H,31,32). The van der Waals surface area contributed by atoms with Gasteiger partial charge in [0.15, 0.2) is 12.7 Å². The molecule has 1 aliphatic heterocycles. The van der Waals surface area contributed by atoms with Crippen LogP contribution in [-0.2, 0) is 16.1 Å². The highest BCUT2D eigenvalue weighted by molar-refractivity contribution is 5.85. The first kappa shape index (κ1) is 23.1. The number of hydrogen-bond acceptors (Lipinski definition) is 5. The van der Waals surface area contributed by atoms with Crippen molar-refractivity contribution in [1.82, 2.24) is 5.32 Å². The van der Waals surface area contributed by atoms with Gasteiger partial charge in [-0.25, -0.2) is 4.79 Å². The highest BCUT2D eigenvalue weighted by atomic mass is 16.6. The van der Waals surface area contributed by atoms with Crippen molar-refractivity contribution in [2.24, 2.45) is 5.16 Å². The van der Waals surface area contributed by atoms with E-state index < -0.39 is 5.97 Å². The topological polar surface area (TPSA) is 80.2 Å². The molecule has 1 unspecified atom stereocenters. The molecule has 0 saturated carbocycles. The van der Waals surface area contributed by atoms with E-state index in [4.69, 9.17) is 14.7 Å². The van der Waals surface area contributed by atoms with Crippen molar-refractivity contribution < 1.29 is 19.5 Å². The summed E-state index contributed by atoms with van der Waals surface area (Å²) in [5.74, 6) is -0.337. The monoisotopic (exact) mass is 456 g/mol. The molecule has 174 valence electrons. The molecule has 0 aromatic heterocycles. The molecule has 2 aromatic carbocycles. The third-order valence-electron chi connectivity index (χ3n) is 5.63. The van der Waals surface area contributed by atoms with Gasteiger partial charge in [0.05, 0.1) is 5.71 Å². The molecule has 6 nitrogen and oxygen atoms in total. The number of nitrogens with one attached hydrogen (secondary N) is 1. The van der Waals surface area contributed by atoms with Crippen molar-refractivity contribution in [3.05, 3.63) is 107 Å². The van der Waals surface area contributed by atoms with E-state index in [1.165, 1.54) is 5.57 Å². The van der Waals surface area contributed by atoms with Crippen LogP contribution in [0.15, 0.2) is 95.5 Å². The zero-order valence-electron chi connectivity index (χ0n) is 19.1. The summed E-state index contributed by atoms with van der Waals surface area (Å²) in [5.41, 5.74) is 6.29. The number of carbonyl (C=O) groups is 1. The average molecular weight is 457 g/mol. The Bertz CT molecular complexity index is 1180. The Balaban J connectivity index is 1.48. The molecule has 1 heterocycles. The molecule has 0 saturated heterocycles. The van der Waals surface area contributed by atoms with Crippen LogP contribution in [0.5, 0.6) is 5.75 Å². The van der Waals surface area contributed by atoms with Crippen LogP contribution in [0.1, 0.15) is 42.6 Å². The van der Waals surface area contributed by atoms with Gasteiger partial charge in [-0.1, -0.05) is 65.3 Å². The van der Waals surface area contributed by atoms with Crippen LogP contribution in [-0.4, -0.2) is 23.4 Å². The summed E-state index contributed by atoms with van der Waals surface area (Å²) in [6, 6.07) is 15.8. The van der Waals surface area contributed by atoms with Crippen LogP contribution >= 0.6 is 0 Å². The van der Waals surface area contributed by atoms with Crippen LogP contribution < -0.4 is 10.1 Å². The minimum absolute atomic E-state index is 0.313. The third-order valence-corrected chi connectivity index (χ3v) is 5.63. The molecule has 0 spiro atoms. The smallest absolute Gasteiger partial charge is 0.341 e. The predicted octanol–water partition coefficient (Wildman–Crippen LogP) is 5.56. The average Bonchev–Trinajstić information content (AvgIpc) is 3.13. The number of carboxylic acid groups (broad SMARTS) is 1. The van der Waals surface area contributed by atoms with Gasteiger partial charge in [0.2, 0.25) is 0 Å². The van der Waals surface area contributed by atoms with Crippen LogP contribution in [0.25, 0.3) is 6.08 Å². The second-order valence-corrected chi connectivity index (χ2v) is 8.23. The number of nitrogens with zero attached hydrogens (tertiary/aromatic N) is 1. The van der Waals surface area contributed by atoms with Gasteiger partial charge in [-0.3, -0.25) is 0 Å². The summed E-state index contributed by atoms with van der Waals surface area (Å²) in [7, 11) is 0. The van der Waals surface area contributed by atoms with Gasteiger partial charge in [0.25, 0.3) is 0 Å². The second-order valence-electron chi connectivity index (χ2n) is 8.23. The fraction of sp³-hybridized carbons (Fsp3) is 0.214. The molecule has 6 heteroatoms. The largest absolute Gasteiger partial charge is 0.482 e. The molecule has 1 aliphatic carbocycles. The van der Waals surface area contributed by atoms with E-state index in [1.807, 2.05) is 86.1 Å². The highest BCUT2D eigenvalue weighted by Gasteiger charge is 2.19. The van der Waals surface area contributed by atoms with E-state index in [9.17, 15) is 4.79 Å². The van der Waals surface area contributed by atoms with Crippen molar-refractivity contribution in [3.63, 3.8) is 0 Å². The summed E-state index contributed by atoms with van der Waals surface area (Å²) in [6.45, 7) is 1.64. The molecular formula is C28H28N2O4. The minimum atomic E-state index is -0.979. The van der Waals surface area contributed by atoms with Gasteiger partial charge in [-0.05, 0) is 49.1 Å². The zero-order valence-corrected chi connectivity index (χ0v) is 19.1. The van der Waals surface area contributed by atoms with Gasteiger partial charge in [-0.15, -0.1) is 0 Å². The van der Waals surface area contributed by atoms with Gasteiger partial charge in [0.1, 0.15) is 5.75 Å². The first-order chi connectivity index (χ1) is 16.6. The Morgan fingerprint density at radius 3 is 2.79 bits per heavy atom. The lowest BCUT2D eigenvalue weighted by molar-refractivity contribution is -0.139. The van der Waals surface area contributed by atoms with Gasteiger partial charge < -0.3 is 20.0 Å². The minimum Gasteiger partial charge on any atom is -0.482 e. The molecule has 1 atom stereocenters. The number of hydrogen-bond donors (Lipinski definition) is 2. The molecule has 2 N–H and O–H groups in total. The number of allylic oxidation sites excluding steroid dienone is 3. The van der Waals surface area contributed by atoms with E-state index in [0.29, 0.717) is 12.2 Å². The number of fused-ring (bicyclic) bond motifs is 1. The lowest BCUT2D eigenvalue weighted by atomic mass is 9.89. The number of benzene rings is 2. The van der Waals surface area contributed by atoms with Gasteiger partial charge in [0, 0.05) is 30.0 Å². The molecule has 0 radical (unpaired) electrons. The lowest BCUT2D eigenvalue weighted by Crippen LogP contribution is -2.12. The Morgan fingerprint density at radius 2 is 1.97 bits per heavy atom. The Morgan fingerprint density at radius 1 is 1.12 bits per heavy atom. The first-order valence-corrected chi connectivity index (χ1v) is 11.3. The molecular weight excluding hydrogens is 428 g/mol. The summed E-state index contributed by atoms with van der Waals surface area (Å²) < 4.78 is 5.46. The van der Waals surface area contributed by atoms with Crippen LogP contribution in [0, 0.1) is 0 Å². The maximum absolute atomic E-state index is 10.9. The first-order valence-electron chi connectivity index (χ1n) is 11.3. The summed E-state index contributed by atoms with van der Waals surface area (Å²) in [6.07, 6.45) is 13.9. The Kier molecular flexibility index (Phi) is 7.60. The number of ether oxygens (including phenoxy) is 1. The van der Waals surface area contributed by atoms with E-state index >= 15 is 0 Å². The number of oxime groups is 1. The van der Waals surface area contributed by atoms with Crippen LogP contribution in [0.3, 0.4) is 0 Å². The van der Waals surface area contributed by atoms with Crippen molar-refractivity contribution in [3.8, 4) is 5.75 Å². The Hall–Kier alpha value is -4.06. The Labute approximate surface area is 199 Å². The normalized spacial score (nSPS) is 15.9. The fourth-order valence-electron chi connectivity index (χ4n) is 4.07. The lowest BCUT2D eigenvalue weighted by Gasteiger charge is -2.20. The third kappa shape index (κ3) is 6.04. The second kappa shape index (κ2) is 11.2. The quantitative estimate of drug-likeness (QED) is 0.381. The maximum Gasteiger partial charge on any atom is 0.341 e. The summed E-state index contributed by atoms with van der Waals surface area (Å²) in [5, 5.41) is 16.5. The molecule has 4 rings (SSSR count). The van der Waals surface area contributed by atoms with Crippen molar-refractivity contribution >= 4 is 17.8 Å². The highest BCUT2D eigenvalue weighted by Crippen LogP contribution is 2.33. The SMILES string of the molecule is CC(CC1=Cc2cccc(OCC(=O)O)c2CC1)=NOC(C1=CC=CNC=C1)c1ccccc1. The molecule has 0 amide bonds. The van der Waals surface area contributed by atoms with E-state index in [1.54, 1.807) is 0 Å². The van der Waals surface area contributed by atoms with E-state index in [0.717, 1.165) is 40.8 Å².